The summed E-state index contributed by atoms with van der Waals surface area (Å²) >= 11 is 1.76. The molecule has 1 heterocycles. The Balaban J connectivity index is 2.05. The molecule has 0 saturated carbocycles. The lowest BCUT2D eigenvalue weighted by molar-refractivity contribution is -0.119. The summed E-state index contributed by atoms with van der Waals surface area (Å²) in [5.41, 5.74) is 0.910. The van der Waals surface area contributed by atoms with Gasteiger partial charge in [0.05, 0.1) is 18.2 Å². The predicted octanol–water partition coefficient (Wildman–Crippen LogP) is 3.16. The van der Waals surface area contributed by atoms with Gasteiger partial charge in [0.1, 0.15) is 0 Å². The number of rotatable bonds is 4. The maximum absolute atomic E-state index is 12.1. The molecule has 1 amide bonds. The molecule has 0 spiro atoms. The number of nitrogens with one attached hydrogen (secondary N) is 1. The van der Waals surface area contributed by atoms with Gasteiger partial charge in [-0.2, -0.15) is 0 Å². The molecular weight excluding hydrogens is 246 g/mol. The average Bonchev–Trinajstić information content (AvgIpc) is 2.84. The monoisotopic (exact) mass is 265 g/mol. The van der Waals surface area contributed by atoms with E-state index in [4.69, 9.17) is 4.74 Å². The Kier molecular flexibility index (Phi) is 4.66. The smallest absolute Gasteiger partial charge is 0.229 e. The van der Waals surface area contributed by atoms with E-state index >= 15 is 0 Å². The van der Waals surface area contributed by atoms with Crippen LogP contribution in [0.4, 0.5) is 5.69 Å². The zero-order valence-corrected chi connectivity index (χ0v) is 11.6. The van der Waals surface area contributed by atoms with E-state index in [-0.39, 0.29) is 11.8 Å². The van der Waals surface area contributed by atoms with Gasteiger partial charge in [-0.15, -0.1) is 11.8 Å². The molecule has 0 aromatic heterocycles. The standard InChI is InChI=1S/C14H19NO2S/c1-10(2)18-13-6-4-3-5-12(13)15-14(16)11-7-8-17-9-11/h3-6,10-11H,7-9H2,1-2H3,(H,15,16)/t11-/m0/s1. The maximum Gasteiger partial charge on any atom is 0.229 e. The first-order valence-electron chi connectivity index (χ1n) is 6.31. The second-order valence-corrected chi connectivity index (χ2v) is 6.33. The Bertz CT molecular complexity index is 414. The fourth-order valence-corrected chi connectivity index (χ4v) is 2.81. The first-order chi connectivity index (χ1) is 8.66. The van der Waals surface area contributed by atoms with Crippen LogP contribution in [0.15, 0.2) is 29.2 Å². The molecule has 2 rings (SSSR count). The molecule has 1 N–H and O–H groups in total. The first kappa shape index (κ1) is 13.4. The third kappa shape index (κ3) is 3.50. The third-order valence-electron chi connectivity index (χ3n) is 2.81. The van der Waals surface area contributed by atoms with E-state index in [1.54, 1.807) is 11.8 Å². The molecule has 1 aliphatic rings. The minimum atomic E-state index is 0.00195. The molecule has 0 bridgehead atoms. The van der Waals surface area contributed by atoms with Crippen LogP contribution in [0.5, 0.6) is 0 Å². The summed E-state index contributed by atoms with van der Waals surface area (Å²) in [5.74, 6) is 0.0754. The van der Waals surface area contributed by atoms with Crippen LogP contribution in [0.25, 0.3) is 0 Å². The van der Waals surface area contributed by atoms with E-state index in [9.17, 15) is 4.79 Å². The number of thioether (sulfide) groups is 1. The van der Waals surface area contributed by atoms with Crippen molar-refractivity contribution in [2.75, 3.05) is 18.5 Å². The SMILES string of the molecule is CC(C)Sc1ccccc1NC(=O)[C@H]1CCOC1. The fourth-order valence-electron chi connectivity index (χ4n) is 1.90. The van der Waals surface area contributed by atoms with Crippen molar-refractivity contribution < 1.29 is 9.53 Å². The molecule has 0 unspecified atom stereocenters. The number of hydrogen-bond donors (Lipinski definition) is 1. The van der Waals surface area contributed by atoms with Crippen LogP contribution in [0.3, 0.4) is 0 Å². The van der Waals surface area contributed by atoms with Crippen molar-refractivity contribution >= 4 is 23.4 Å². The van der Waals surface area contributed by atoms with Gasteiger partial charge in [-0.1, -0.05) is 26.0 Å². The van der Waals surface area contributed by atoms with Crippen LogP contribution in [0, 0.1) is 5.92 Å². The van der Waals surface area contributed by atoms with Gasteiger partial charge in [-0.3, -0.25) is 4.79 Å². The summed E-state index contributed by atoms with van der Waals surface area (Å²) in [6, 6.07) is 7.95. The number of amides is 1. The summed E-state index contributed by atoms with van der Waals surface area (Å²) in [7, 11) is 0. The fraction of sp³-hybridized carbons (Fsp3) is 0.500. The largest absolute Gasteiger partial charge is 0.381 e. The van der Waals surface area contributed by atoms with E-state index in [0.29, 0.717) is 18.5 Å². The quantitative estimate of drug-likeness (QED) is 0.850. The number of benzene rings is 1. The Morgan fingerprint density at radius 2 is 2.22 bits per heavy atom. The number of para-hydroxylation sites is 1. The molecule has 1 aromatic carbocycles. The zero-order chi connectivity index (χ0) is 13.0. The van der Waals surface area contributed by atoms with Crippen LogP contribution in [0.2, 0.25) is 0 Å². The van der Waals surface area contributed by atoms with Crippen LogP contribution < -0.4 is 5.32 Å². The summed E-state index contributed by atoms with van der Waals surface area (Å²) in [4.78, 5) is 13.2. The Morgan fingerprint density at radius 3 is 2.89 bits per heavy atom. The molecule has 4 heteroatoms. The summed E-state index contributed by atoms with van der Waals surface area (Å²) in [5, 5.41) is 3.52. The minimum absolute atomic E-state index is 0.00195. The highest BCUT2D eigenvalue weighted by Crippen LogP contribution is 2.30. The molecule has 0 radical (unpaired) electrons. The van der Waals surface area contributed by atoms with Crippen molar-refractivity contribution in [3.63, 3.8) is 0 Å². The van der Waals surface area contributed by atoms with Crippen LogP contribution in [-0.4, -0.2) is 24.4 Å². The Labute approximate surface area is 112 Å². The lowest BCUT2D eigenvalue weighted by Crippen LogP contribution is -2.23. The van der Waals surface area contributed by atoms with Crippen LogP contribution in [-0.2, 0) is 9.53 Å². The second-order valence-electron chi connectivity index (χ2n) is 4.71. The van der Waals surface area contributed by atoms with Gasteiger partial charge in [-0.25, -0.2) is 0 Å². The third-order valence-corrected chi connectivity index (χ3v) is 3.89. The van der Waals surface area contributed by atoms with E-state index in [2.05, 4.69) is 19.2 Å². The van der Waals surface area contributed by atoms with Crippen molar-refractivity contribution in [3.05, 3.63) is 24.3 Å². The second kappa shape index (κ2) is 6.25. The highest BCUT2D eigenvalue weighted by atomic mass is 32.2. The van der Waals surface area contributed by atoms with Crippen molar-refractivity contribution in [3.8, 4) is 0 Å². The molecule has 1 aliphatic heterocycles. The molecule has 98 valence electrons. The van der Waals surface area contributed by atoms with Gasteiger partial charge >= 0.3 is 0 Å². The van der Waals surface area contributed by atoms with Gasteiger partial charge in [0, 0.05) is 16.8 Å². The minimum Gasteiger partial charge on any atom is -0.381 e. The molecular formula is C14H19NO2S. The molecule has 1 fully saturated rings. The Morgan fingerprint density at radius 1 is 1.44 bits per heavy atom. The van der Waals surface area contributed by atoms with Gasteiger partial charge in [0.2, 0.25) is 5.91 Å². The van der Waals surface area contributed by atoms with Gasteiger partial charge in [0.15, 0.2) is 0 Å². The number of carbonyl (C=O) groups excluding carboxylic acids is 1. The van der Waals surface area contributed by atoms with Gasteiger partial charge in [0.25, 0.3) is 0 Å². The maximum atomic E-state index is 12.1. The molecule has 3 nitrogen and oxygen atoms in total. The number of anilines is 1. The van der Waals surface area contributed by atoms with Crippen LogP contribution >= 0.6 is 11.8 Å². The molecule has 1 atom stereocenters. The molecule has 0 aliphatic carbocycles. The first-order valence-corrected chi connectivity index (χ1v) is 7.19. The van der Waals surface area contributed by atoms with E-state index in [1.165, 1.54) is 0 Å². The number of ether oxygens (including phenoxy) is 1. The lowest BCUT2D eigenvalue weighted by atomic mass is 10.1. The highest BCUT2D eigenvalue weighted by molar-refractivity contribution is 8.00. The summed E-state index contributed by atoms with van der Waals surface area (Å²) in [6.07, 6.45) is 0.825. The van der Waals surface area contributed by atoms with Crippen molar-refractivity contribution in [1.82, 2.24) is 0 Å². The van der Waals surface area contributed by atoms with Crippen molar-refractivity contribution in [2.24, 2.45) is 5.92 Å². The van der Waals surface area contributed by atoms with E-state index in [0.717, 1.165) is 17.0 Å². The summed E-state index contributed by atoms with van der Waals surface area (Å²) < 4.78 is 5.24. The molecule has 1 aromatic rings. The van der Waals surface area contributed by atoms with Gasteiger partial charge in [-0.05, 0) is 18.6 Å². The highest BCUT2D eigenvalue weighted by Gasteiger charge is 2.24. The van der Waals surface area contributed by atoms with Crippen LogP contribution in [0.1, 0.15) is 20.3 Å². The predicted molar refractivity (Wildman–Crippen MR) is 75.0 cm³/mol. The zero-order valence-electron chi connectivity index (χ0n) is 10.8. The number of carbonyl (C=O) groups is 1. The van der Waals surface area contributed by atoms with E-state index < -0.39 is 0 Å². The average molecular weight is 265 g/mol. The van der Waals surface area contributed by atoms with Crippen molar-refractivity contribution in [1.29, 1.82) is 0 Å². The summed E-state index contributed by atoms with van der Waals surface area (Å²) in [6.45, 7) is 5.54. The molecule has 18 heavy (non-hydrogen) atoms. The molecule has 1 saturated heterocycles. The lowest BCUT2D eigenvalue weighted by Gasteiger charge is -2.14. The van der Waals surface area contributed by atoms with Crippen molar-refractivity contribution in [2.45, 2.75) is 30.4 Å². The normalized spacial score (nSPS) is 19.2. The van der Waals surface area contributed by atoms with Gasteiger partial charge < -0.3 is 10.1 Å². The van der Waals surface area contributed by atoms with E-state index in [1.807, 2.05) is 24.3 Å². The topological polar surface area (TPSA) is 38.3 Å². The Hall–Kier alpha value is -1.00. The number of hydrogen-bond acceptors (Lipinski definition) is 3.